The summed E-state index contributed by atoms with van der Waals surface area (Å²) in [6, 6.07) is 5.11. The quantitative estimate of drug-likeness (QED) is 0.723. The van der Waals surface area contributed by atoms with Crippen LogP contribution in [-0.2, 0) is 6.54 Å². The molecule has 96 valence electrons. The molecule has 0 saturated carbocycles. The fourth-order valence-corrected chi connectivity index (χ4v) is 2.07. The maximum absolute atomic E-state index is 13.6. The number of nitrogens with one attached hydrogen (secondary N) is 1. The molecule has 1 N–H and O–H groups in total. The Balaban J connectivity index is 2.38. The van der Waals surface area contributed by atoms with Crippen LogP contribution in [0.2, 0.25) is 0 Å². The van der Waals surface area contributed by atoms with Crippen LogP contribution in [0.5, 0.6) is 5.75 Å². The zero-order valence-corrected chi connectivity index (χ0v) is 11.3. The van der Waals surface area contributed by atoms with E-state index in [9.17, 15) is 4.39 Å². The van der Waals surface area contributed by atoms with E-state index in [-0.39, 0.29) is 5.82 Å². The van der Waals surface area contributed by atoms with Gasteiger partial charge in [0.25, 0.3) is 0 Å². The third kappa shape index (κ3) is 5.41. The predicted octanol–water partition coefficient (Wildman–Crippen LogP) is 3.07. The summed E-state index contributed by atoms with van der Waals surface area (Å²) in [5.74, 6) is 2.26. The molecule has 1 aromatic carbocycles. The van der Waals surface area contributed by atoms with Gasteiger partial charge in [0.15, 0.2) is 11.6 Å². The molecular formula is C13H20FNOS. The monoisotopic (exact) mass is 257 g/mol. The van der Waals surface area contributed by atoms with Crippen LogP contribution in [-0.4, -0.2) is 25.2 Å². The molecule has 4 heteroatoms. The molecule has 1 rings (SSSR count). The smallest absolute Gasteiger partial charge is 0.165 e. The van der Waals surface area contributed by atoms with Crippen molar-refractivity contribution in [1.82, 2.24) is 5.32 Å². The van der Waals surface area contributed by atoms with Gasteiger partial charge in [-0.3, -0.25) is 0 Å². The lowest BCUT2D eigenvalue weighted by molar-refractivity contribution is 0.302. The Morgan fingerprint density at radius 3 is 2.88 bits per heavy atom. The van der Waals surface area contributed by atoms with E-state index >= 15 is 0 Å². The lowest BCUT2D eigenvalue weighted by Gasteiger charge is -2.08. The van der Waals surface area contributed by atoms with Gasteiger partial charge in [-0.1, -0.05) is 13.0 Å². The average molecular weight is 257 g/mol. The van der Waals surface area contributed by atoms with Crippen molar-refractivity contribution < 1.29 is 9.13 Å². The highest BCUT2D eigenvalue weighted by atomic mass is 32.2. The molecule has 0 amide bonds. The number of hydrogen-bond acceptors (Lipinski definition) is 3. The molecule has 0 heterocycles. The van der Waals surface area contributed by atoms with Gasteiger partial charge in [-0.2, -0.15) is 11.8 Å². The van der Waals surface area contributed by atoms with Crippen LogP contribution >= 0.6 is 11.8 Å². The summed E-state index contributed by atoms with van der Waals surface area (Å²) in [7, 11) is 1.84. The maximum Gasteiger partial charge on any atom is 0.165 e. The highest BCUT2D eigenvalue weighted by Gasteiger charge is 2.04. The minimum atomic E-state index is -0.277. The lowest BCUT2D eigenvalue weighted by Crippen LogP contribution is -2.06. The van der Waals surface area contributed by atoms with Crippen molar-refractivity contribution in [3.8, 4) is 5.75 Å². The Hall–Kier alpha value is -0.740. The first-order chi connectivity index (χ1) is 8.27. The Kier molecular flexibility index (Phi) is 7.05. The second kappa shape index (κ2) is 8.37. The van der Waals surface area contributed by atoms with Crippen LogP contribution in [0.1, 0.15) is 18.9 Å². The maximum atomic E-state index is 13.6. The van der Waals surface area contributed by atoms with Gasteiger partial charge < -0.3 is 10.1 Å². The molecule has 17 heavy (non-hydrogen) atoms. The zero-order valence-electron chi connectivity index (χ0n) is 10.5. The fourth-order valence-electron chi connectivity index (χ4n) is 1.46. The van der Waals surface area contributed by atoms with Crippen molar-refractivity contribution >= 4 is 11.8 Å². The molecule has 0 atom stereocenters. The number of thioether (sulfide) groups is 1. The van der Waals surface area contributed by atoms with E-state index in [4.69, 9.17) is 4.74 Å². The second-order valence-electron chi connectivity index (χ2n) is 3.69. The van der Waals surface area contributed by atoms with Gasteiger partial charge in [0.1, 0.15) is 0 Å². The minimum absolute atomic E-state index is 0.277. The van der Waals surface area contributed by atoms with Crippen molar-refractivity contribution in [1.29, 1.82) is 0 Å². The van der Waals surface area contributed by atoms with Crippen LogP contribution < -0.4 is 10.1 Å². The second-order valence-corrected chi connectivity index (χ2v) is 5.09. The zero-order chi connectivity index (χ0) is 12.5. The Labute approximate surface area is 107 Å². The average Bonchev–Trinajstić information content (AvgIpc) is 2.32. The van der Waals surface area contributed by atoms with E-state index in [1.807, 2.05) is 24.9 Å². The van der Waals surface area contributed by atoms with Crippen molar-refractivity contribution in [2.45, 2.75) is 19.9 Å². The number of hydrogen-bond donors (Lipinski definition) is 1. The van der Waals surface area contributed by atoms with Crippen LogP contribution in [0.15, 0.2) is 18.2 Å². The first-order valence-corrected chi connectivity index (χ1v) is 7.07. The molecule has 0 aliphatic rings. The number of halogens is 1. The van der Waals surface area contributed by atoms with Gasteiger partial charge in [0, 0.05) is 6.54 Å². The molecule has 0 fully saturated rings. The Morgan fingerprint density at radius 1 is 1.41 bits per heavy atom. The van der Waals surface area contributed by atoms with Crippen LogP contribution in [0.25, 0.3) is 0 Å². The first kappa shape index (κ1) is 14.3. The van der Waals surface area contributed by atoms with Gasteiger partial charge in [-0.25, -0.2) is 4.39 Å². The normalized spacial score (nSPS) is 10.5. The van der Waals surface area contributed by atoms with Gasteiger partial charge in [-0.15, -0.1) is 0 Å². The largest absolute Gasteiger partial charge is 0.490 e. The molecule has 0 aliphatic carbocycles. The van der Waals surface area contributed by atoms with Gasteiger partial charge in [0.2, 0.25) is 0 Å². The van der Waals surface area contributed by atoms with E-state index in [1.165, 1.54) is 6.07 Å². The van der Waals surface area contributed by atoms with Crippen molar-refractivity contribution in [2.75, 3.05) is 25.2 Å². The van der Waals surface area contributed by atoms with Crippen molar-refractivity contribution in [3.05, 3.63) is 29.6 Å². The van der Waals surface area contributed by atoms with Crippen molar-refractivity contribution in [2.24, 2.45) is 0 Å². The van der Waals surface area contributed by atoms with E-state index in [0.717, 1.165) is 23.5 Å². The topological polar surface area (TPSA) is 21.3 Å². The van der Waals surface area contributed by atoms with E-state index < -0.39 is 0 Å². The predicted molar refractivity (Wildman–Crippen MR) is 72.3 cm³/mol. The molecule has 0 unspecified atom stereocenters. The highest BCUT2D eigenvalue weighted by Crippen LogP contribution is 2.18. The standard InChI is InChI=1S/C13H20FNOS/c1-3-17-8-4-7-16-13-6-5-11(10-15-2)9-12(13)14/h5-6,9,15H,3-4,7-8,10H2,1-2H3. The summed E-state index contributed by atoms with van der Waals surface area (Å²) in [5, 5.41) is 2.99. The van der Waals surface area contributed by atoms with E-state index in [2.05, 4.69) is 12.2 Å². The van der Waals surface area contributed by atoms with Crippen molar-refractivity contribution in [3.63, 3.8) is 0 Å². The van der Waals surface area contributed by atoms with Crippen LogP contribution in [0.3, 0.4) is 0 Å². The van der Waals surface area contributed by atoms with Gasteiger partial charge in [0.05, 0.1) is 6.61 Å². The highest BCUT2D eigenvalue weighted by molar-refractivity contribution is 7.99. The van der Waals surface area contributed by atoms with Crippen LogP contribution in [0.4, 0.5) is 4.39 Å². The minimum Gasteiger partial charge on any atom is -0.490 e. The summed E-state index contributed by atoms with van der Waals surface area (Å²) in [5.41, 5.74) is 0.930. The molecular weight excluding hydrogens is 237 g/mol. The van der Waals surface area contributed by atoms with Gasteiger partial charge >= 0.3 is 0 Å². The summed E-state index contributed by atoms with van der Waals surface area (Å²) in [6.07, 6.45) is 0.955. The summed E-state index contributed by atoms with van der Waals surface area (Å²) >= 11 is 1.87. The molecule has 2 nitrogen and oxygen atoms in total. The lowest BCUT2D eigenvalue weighted by atomic mass is 10.2. The molecule has 0 aromatic heterocycles. The fraction of sp³-hybridized carbons (Fsp3) is 0.538. The summed E-state index contributed by atoms with van der Waals surface area (Å²) in [6.45, 7) is 3.38. The third-order valence-electron chi connectivity index (χ3n) is 2.27. The van der Waals surface area contributed by atoms with E-state index in [0.29, 0.717) is 18.9 Å². The third-order valence-corrected chi connectivity index (χ3v) is 3.26. The number of rotatable bonds is 8. The van der Waals surface area contributed by atoms with Gasteiger partial charge in [-0.05, 0) is 42.7 Å². The molecule has 0 radical (unpaired) electrons. The summed E-state index contributed by atoms with van der Waals surface area (Å²) < 4.78 is 19.0. The Bertz CT molecular complexity index is 333. The summed E-state index contributed by atoms with van der Waals surface area (Å²) in [4.78, 5) is 0. The first-order valence-electron chi connectivity index (χ1n) is 5.91. The number of ether oxygens (including phenoxy) is 1. The Morgan fingerprint density at radius 2 is 2.24 bits per heavy atom. The SMILES string of the molecule is CCSCCCOc1ccc(CNC)cc1F. The molecule has 1 aromatic rings. The molecule has 0 saturated heterocycles. The van der Waals surface area contributed by atoms with Crippen LogP contribution in [0, 0.1) is 5.82 Å². The molecule has 0 spiro atoms. The molecule has 0 bridgehead atoms. The number of benzene rings is 1. The van der Waals surface area contributed by atoms with E-state index in [1.54, 1.807) is 6.07 Å². The molecule has 0 aliphatic heterocycles.